The lowest BCUT2D eigenvalue weighted by molar-refractivity contribution is -0.135. The van der Waals surface area contributed by atoms with Gasteiger partial charge in [0.15, 0.2) is 0 Å². The summed E-state index contributed by atoms with van der Waals surface area (Å²) in [6.45, 7) is 1.20. The second kappa shape index (κ2) is 8.13. The van der Waals surface area contributed by atoms with Gasteiger partial charge < -0.3 is 24.0 Å². The summed E-state index contributed by atoms with van der Waals surface area (Å²) in [5.41, 5.74) is -1.24. The van der Waals surface area contributed by atoms with Crippen molar-refractivity contribution >= 4 is 5.91 Å². The molecule has 0 saturated carbocycles. The number of β-amino-alcohol motifs (C(OH)–C–C–N with tert-alkyl or cyclic N) is 1. The van der Waals surface area contributed by atoms with Crippen molar-refractivity contribution in [1.82, 2.24) is 10.1 Å². The van der Waals surface area contributed by atoms with Crippen molar-refractivity contribution in [2.45, 2.75) is 18.4 Å². The van der Waals surface area contributed by atoms with Crippen LogP contribution in [0.4, 0.5) is 0 Å². The Kier molecular flexibility index (Phi) is 5.67. The fraction of sp³-hybridized carbons (Fsp3) is 0.444. The number of hydrogen-bond acceptors (Lipinski definition) is 6. The molecule has 1 unspecified atom stereocenters. The summed E-state index contributed by atoms with van der Waals surface area (Å²) in [4.78, 5) is 14.1. The largest absolute Gasteiger partial charge is 0.490 e. The number of ether oxygens (including phenoxy) is 2. The first-order valence-corrected chi connectivity index (χ1v) is 8.30. The molecule has 1 amide bonds. The molecule has 7 heteroatoms. The molecule has 1 atom stereocenters. The van der Waals surface area contributed by atoms with E-state index in [9.17, 15) is 9.90 Å². The van der Waals surface area contributed by atoms with Crippen LogP contribution in [0, 0.1) is 0 Å². The van der Waals surface area contributed by atoms with Crippen LogP contribution >= 0.6 is 0 Å². The van der Waals surface area contributed by atoms with Crippen molar-refractivity contribution in [2.24, 2.45) is 0 Å². The molecule has 2 aromatic rings. The fourth-order valence-electron chi connectivity index (χ4n) is 2.71. The maximum atomic E-state index is 12.5. The number of amides is 1. The van der Waals surface area contributed by atoms with Gasteiger partial charge in [-0.05, 0) is 12.1 Å². The molecule has 2 heterocycles. The molecule has 1 N–H and O–H groups in total. The molecular weight excluding hydrogens is 324 g/mol. The van der Waals surface area contributed by atoms with Crippen LogP contribution in [0.5, 0.6) is 5.75 Å². The number of rotatable bonds is 6. The normalized spacial score (nSPS) is 20.9. The summed E-state index contributed by atoms with van der Waals surface area (Å²) < 4.78 is 16.1. The van der Waals surface area contributed by atoms with Crippen molar-refractivity contribution in [3.05, 3.63) is 48.4 Å². The van der Waals surface area contributed by atoms with E-state index in [0.29, 0.717) is 37.5 Å². The molecule has 0 spiro atoms. The van der Waals surface area contributed by atoms with Gasteiger partial charge in [-0.25, -0.2) is 0 Å². The SMILES string of the molecule is O=C(CCc1ccno1)N1CCOCC(O)(COc2ccccc2)C1. The second-order valence-corrected chi connectivity index (χ2v) is 6.17. The summed E-state index contributed by atoms with van der Waals surface area (Å²) in [5.74, 6) is 1.28. The zero-order valence-corrected chi connectivity index (χ0v) is 14.0. The molecule has 1 aromatic heterocycles. The van der Waals surface area contributed by atoms with Crippen LogP contribution in [0.2, 0.25) is 0 Å². The van der Waals surface area contributed by atoms with E-state index in [1.54, 1.807) is 17.2 Å². The summed E-state index contributed by atoms with van der Waals surface area (Å²) >= 11 is 0. The Morgan fingerprint density at radius 1 is 1.32 bits per heavy atom. The molecule has 1 saturated heterocycles. The molecule has 1 aliphatic rings. The van der Waals surface area contributed by atoms with Gasteiger partial charge in [-0.1, -0.05) is 23.4 Å². The zero-order chi connectivity index (χ0) is 17.5. The number of para-hydroxylation sites is 1. The summed E-state index contributed by atoms with van der Waals surface area (Å²) in [6, 6.07) is 11.0. The average molecular weight is 346 g/mol. The lowest BCUT2D eigenvalue weighted by Gasteiger charge is -2.30. The number of hydrogen-bond donors (Lipinski definition) is 1. The Bertz CT molecular complexity index is 661. The van der Waals surface area contributed by atoms with E-state index >= 15 is 0 Å². The van der Waals surface area contributed by atoms with Gasteiger partial charge >= 0.3 is 0 Å². The molecule has 1 fully saturated rings. The van der Waals surface area contributed by atoms with Crippen LogP contribution in [0.25, 0.3) is 0 Å². The molecule has 134 valence electrons. The first kappa shape index (κ1) is 17.4. The first-order valence-electron chi connectivity index (χ1n) is 8.30. The maximum absolute atomic E-state index is 12.5. The molecule has 1 aliphatic heterocycles. The van der Waals surface area contributed by atoms with E-state index in [0.717, 1.165) is 0 Å². The lowest BCUT2D eigenvalue weighted by atomic mass is 10.1. The molecule has 1 aromatic carbocycles. The van der Waals surface area contributed by atoms with Gasteiger partial charge in [0, 0.05) is 25.5 Å². The lowest BCUT2D eigenvalue weighted by Crippen LogP contribution is -2.50. The minimum atomic E-state index is -1.24. The van der Waals surface area contributed by atoms with Crippen LogP contribution in [0.15, 0.2) is 47.1 Å². The van der Waals surface area contributed by atoms with Crippen molar-refractivity contribution < 1.29 is 23.9 Å². The number of aromatic nitrogens is 1. The molecule has 3 rings (SSSR count). The quantitative estimate of drug-likeness (QED) is 0.848. The minimum Gasteiger partial charge on any atom is -0.490 e. The zero-order valence-electron chi connectivity index (χ0n) is 14.0. The predicted octanol–water partition coefficient (Wildman–Crippen LogP) is 1.28. The highest BCUT2D eigenvalue weighted by Crippen LogP contribution is 2.17. The Morgan fingerprint density at radius 2 is 2.16 bits per heavy atom. The first-order chi connectivity index (χ1) is 12.1. The van der Waals surface area contributed by atoms with E-state index in [4.69, 9.17) is 14.0 Å². The molecule has 0 radical (unpaired) electrons. The highest BCUT2D eigenvalue weighted by atomic mass is 16.5. The van der Waals surface area contributed by atoms with Gasteiger partial charge in [0.2, 0.25) is 5.91 Å². The van der Waals surface area contributed by atoms with Crippen LogP contribution in [0.1, 0.15) is 12.2 Å². The second-order valence-electron chi connectivity index (χ2n) is 6.17. The average Bonchev–Trinajstić information content (AvgIpc) is 3.07. The maximum Gasteiger partial charge on any atom is 0.223 e. The summed E-state index contributed by atoms with van der Waals surface area (Å²) in [6.07, 6.45) is 2.33. The Balaban J connectivity index is 1.56. The third-order valence-electron chi connectivity index (χ3n) is 4.04. The predicted molar refractivity (Wildman–Crippen MR) is 89.1 cm³/mol. The summed E-state index contributed by atoms with van der Waals surface area (Å²) in [7, 11) is 0. The molecule has 0 bridgehead atoms. The van der Waals surface area contributed by atoms with Crippen molar-refractivity contribution in [1.29, 1.82) is 0 Å². The van der Waals surface area contributed by atoms with Crippen LogP contribution in [-0.4, -0.2) is 59.6 Å². The van der Waals surface area contributed by atoms with E-state index in [1.165, 1.54) is 0 Å². The van der Waals surface area contributed by atoms with Gasteiger partial charge in [0.1, 0.15) is 23.7 Å². The molecule has 7 nitrogen and oxygen atoms in total. The fourth-order valence-corrected chi connectivity index (χ4v) is 2.71. The third kappa shape index (κ3) is 5.04. The highest BCUT2D eigenvalue weighted by molar-refractivity contribution is 5.76. The van der Waals surface area contributed by atoms with E-state index in [1.807, 2.05) is 30.3 Å². The number of carbonyl (C=O) groups is 1. The summed E-state index contributed by atoms with van der Waals surface area (Å²) in [5, 5.41) is 14.4. The van der Waals surface area contributed by atoms with Crippen molar-refractivity contribution in [3.8, 4) is 5.75 Å². The van der Waals surface area contributed by atoms with Crippen molar-refractivity contribution in [2.75, 3.05) is 32.9 Å². The van der Waals surface area contributed by atoms with Gasteiger partial charge in [0.05, 0.1) is 26.0 Å². The number of aliphatic hydroxyl groups is 1. The standard InChI is InChI=1S/C18H22N2O5/c21-17(7-6-16-8-9-19-25-16)20-10-11-23-13-18(22,12-20)14-24-15-4-2-1-3-5-15/h1-5,8-9,22H,6-7,10-14H2. The van der Waals surface area contributed by atoms with Crippen LogP contribution in [-0.2, 0) is 16.0 Å². The highest BCUT2D eigenvalue weighted by Gasteiger charge is 2.35. The molecular formula is C18H22N2O5. The smallest absolute Gasteiger partial charge is 0.223 e. The minimum absolute atomic E-state index is 0.0555. The Labute approximate surface area is 146 Å². The molecule has 0 aliphatic carbocycles. The van der Waals surface area contributed by atoms with Crippen LogP contribution < -0.4 is 4.74 Å². The number of aryl methyl sites for hydroxylation is 1. The van der Waals surface area contributed by atoms with E-state index in [-0.39, 0.29) is 25.7 Å². The monoisotopic (exact) mass is 346 g/mol. The topological polar surface area (TPSA) is 85.0 Å². The van der Waals surface area contributed by atoms with E-state index in [2.05, 4.69) is 5.16 Å². The number of nitrogens with zero attached hydrogens (tertiary/aromatic N) is 2. The van der Waals surface area contributed by atoms with Gasteiger partial charge in [-0.3, -0.25) is 4.79 Å². The number of carbonyl (C=O) groups excluding carboxylic acids is 1. The van der Waals surface area contributed by atoms with Crippen molar-refractivity contribution in [3.63, 3.8) is 0 Å². The number of benzene rings is 1. The third-order valence-corrected chi connectivity index (χ3v) is 4.04. The van der Waals surface area contributed by atoms with E-state index < -0.39 is 5.60 Å². The Morgan fingerprint density at radius 3 is 2.92 bits per heavy atom. The van der Waals surface area contributed by atoms with Gasteiger partial charge in [0.25, 0.3) is 0 Å². The Hall–Kier alpha value is -2.38. The van der Waals surface area contributed by atoms with Gasteiger partial charge in [-0.2, -0.15) is 0 Å². The molecule has 25 heavy (non-hydrogen) atoms. The van der Waals surface area contributed by atoms with Crippen LogP contribution in [0.3, 0.4) is 0 Å². The van der Waals surface area contributed by atoms with Gasteiger partial charge in [-0.15, -0.1) is 0 Å².